The van der Waals surface area contributed by atoms with Gasteiger partial charge in [0.2, 0.25) is 5.91 Å². The topological polar surface area (TPSA) is 81.2 Å². The standard InChI is InChI=1S/C21H29ClN4O2/c1-21(2,19(27)16-11-15(22)10-13-12-24-25-18(13)16)14-5-8-26(9-6-14)20(28)17-4-3-7-23-17/h10-12,14,17,19,23,27H,3-9H2,1-2H3,(H,24,25)/t17-,19+/m0/s1. The summed E-state index contributed by atoms with van der Waals surface area (Å²) < 4.78 is 0. The van der Waals surface area contributed by atoms with Gasteiger partial charge in [-0.1, -0.05) is 25.4 Å². The van der Waals surface area contributed by atoms with Crippen LogP contribution >= 0.6 is 11.6 Å². The number of likely N-dealkylation sites (tertiary alicyclic amines) is 1. The molecule has 1 aromatic carbocycles. The van der Waals surface area contributed by atoms with E-state index < -0.39 is 6.10 Å². The fraction of sp³-hybridized carbons (Fsp3) is 0.619. The highest BCUT2D eigenvalue weighted by Crippen LogP contribution is 2.46. The Balaban J connectivity index is 1.47. The van der Waals surface area contributed by atoms with E-state index >= 15 is 0 Å². The van der Waals surface area contributed by atoms with E-state index in [2.05, 4.69) is 29.4 Å². The van der Waals surface area contributed by atoms with Crippen LogP contribution in [0, 0.1) is 11.3 Å². The number of aliphatic hydroxyl groups is 1. The molecule has 1 aromatic heterocycles. The molecule has 0 saturated carbocycles. The molecule has 6 nitrogen and oxygen atoms in total. The first-order chi connectivity index (χ1) is 13.4. The molecule has 152 valence electrons. The van der Waals surface area contributed by atoms with Crippen LogP contribution in [0.5, 0.6) is 0 Å². The van der Waals surface area contributed by atoms with Crippen molar-refractivity contribution in [3.63, 3.8) is 0 Å². The Hall–Kier alpha value is -1.63. The molecule has 2 fully saturated rings. The smallest absolute Gasteiger partial charge is 0.239 e. The third-order valence-electron chi connectivity index (χ3n) is 6.76. The van der Waals surface area contributed by atoms with Gasteiger partial charge in [0.1, 0.15) is 0 Å². The van der Waals surface area contributed by atoms with Gasteiger partial charge >= 0.3 is 0 Å². The number of hydrogen-bond acceptors (Lipinski definition) is 4. The van der Waals surface area contributed by atoms with E-state index in [1.807, 2.05) is 17.0 Å². The number of fused-ring (bicyclic) bond motifs is 1. The lowest BCUT2D eigenvalue weighted by molar-refractivity contribution is -0.135. The van der Waals surface area contributed by atoms with E-state index in [1.54, 1.807) is 6.20 Å². The molecule has 0 spiro atoms. The number of benzene rings is 1. The molecule has 0 radical (unpaired) electrons. The molecule has 28 heavy (non-hydrogen) atoms. The number of nitrogens with one attached hydrogen (secondary N) is 2. The van der Waals surface area contributed by atoms with Gasteiger partial charge in [0.25, 0.3) is 0 Å². The largest absolute Gasteiger partial charge is 0.388 e. The Morgan fingerprint density at radius 2 is 2.07 bits per heavy atom. The van der Waals surface area contributed by atoms with Crippen molar-refractivity contribution in [2.24, 2.45) is 11.3 Å². The highest BCUT2D eigenvalue weighted by molar-refractivity contribution is 6.31. The van der Waals surface area contributed by atoms with Crippen LogP contribution in [0.2, 0.25) is 5.02 Å². The normalized spacial score (nSPS) is 22.7. The van der Waals surface area contributed by atoms with Crippen LogP contribution in [-0.4, -0.2) is 51.8 Å². The molecular weight excluding hydrogens is 376 g/mol. The van der Waals surface area contributed by atoms with E-state index in [9.17, 15) is 9.90 Å². The maximum atomic E-state index is 12.7. The molecule has 3 heterocycles. The van der Waals surface area contributed by atoms with Crippen LogP contribution < -0.4 is 5.32 Å². The summed E-state index contributed by atoms with van der Waals surface area (Å²) in [6, 6.07) is 3.68. The van der Waals surface area contributed by atoms with Crippen molar-refractivity contribution in [3.05, 3.63) is 28.9 Å². The molecule has 3 N–H and O–H groups in total. The molecule has 2 aliphatic heterocycles. The van der Waals surface area contributed by atoms with Gasteiger partial charge in [0, 0.05) is 29.1 Å². The predicted molar refractivity (Wildman–Crippen MR) is 110 cm³/mol. The number of amides is 1. The van der Waals surface area contributed by atoms with E-state index in [1.165, 1.54) is 0 Å². The summed E-state index contributed by atoms with van der Waals surface area (Å²) in [5, 5.41) is 23.2. The number of halogens is 1. The van der Waals surface area contributed by atoms with Gasteiger partial charge in [-0.15, -0.1) is 0 Å². The summed E-state index contributed by atoms with van der Waals surface area (Å²) in [5.74, 6) is 0.559. The molecule has 0 unspecified atom stereocenters. The lowest BCUT2D eigenvalue weighted by Gasteiger charge is -2.43. The lowest BCUT2D eigenvalue weighted by Crippen LogP contribution is -2.49. The minimum atomic E-state index is -0.669. The van der Waals surface area contributed by atoms with E-state index in [-0.39, 0.29) is 17.4 Å². The number of carbonyl (C=O) groups is 1. The summed E-state index contributed by atoms with van der Waals surface area (Å²) in [5.41, 5.74) is 1.28. The average Bonchev–Trinajstić information content (AvgIpc) is 3.38. The fourth-order valence-corrected chi connectivity index (χ4v) is 5.08. The monoisotopic (exact) mass is 404 g/mol. The Kier molecular flexibility index (Phi) is 5.38. The van der Waals surface area contributed by atoms with Gasteiger partial charge < -0.3 is 15.3 Å². The minimum Gasteiger partial charge on any atom is -0.388 e. The Morgan fingerprint density at radius 3 is 2.75 bits per heavy atom. The number of carbonyl (C=O) groups excluding carboxylic acids is 1. The molecule has 4 rings (SSSR count). The third-order valence-corrected chi connectivity index (χ3v) is 6.98. The molecule has 2 aromatic rings. The Labute approximate surface area is 170 Å². The molecule has 0 bridgehead atoms. The first-order valence-electron chi connectivity index (χ1n) is 10.2. The number of aliphatic hydroxyl groups excluding tert-OH is 1. The first kappa shape index (κ1) is 19.7. The van der Waals surface area contributed by atoms with Crippen LogP contribution in [0.4, 0.5) is 0 Å². The number of nitrogens with zero attached hydrogens (tertiary/aromatic N) is 2. The maximum absolute atomic E-state index is 12.7. The lowest BCUT2D eigenvalue weighted by atomic mass is 9.68. The van der Waals surface area contributed by atoms with Crippen molar-refractivity contribution in [1.29, 1.82) is 0 Å². The van der Waals surface area contributed by atoms with Crippen molar-refractivity contribution >= 4 is 28.4 Å². The van der Waals surface area contributed by atoms with Crippen LogP contribution in [0.1, 0.15) is 51.2 Å². The quantitative estimate of drug-likeness (QED) is 0.730. The van der Waals surface area contributed by atoms with Crippen molar-refractivity contribution in [3.8, 4) is 0 Å². The van der Waals surface area contributed by atoms with E-state index in [0.717, 1.165) is 61.8 Å². The summed E-state index contributed by atoms with van der Waals surface area (Å²) in [6.45, 7) is 6.68. The summed E-state index contributed by atoms with van der Waals surface area (Å²) in [7, 11) is 0. The van der Waals surface area contributed by atoms with Gasteiger partial charge in [-0.25, -0.2) is 0 Å². The zero-order valence-corrected chi connectivity index (χ0v) is 17.3. The van der Waals surface area contributed by atoms with E-state index in [0.29, 0.717) is 10.9 Å². The number of piperidine rings is 1. The molecule has 7 heteroatoms. The summed E-state index contributed by atoms with van der Waals surface area (Å²) in [6.07, 6.45) is 4.87. The van der Waals surface area contributed by atoms with E-state index in [4.69, 9.17) is 11.6 Å². The van der Waals surface area contributed by atoms with Crippen molar-refractivity contribution in [2.75, 3.05) is 19.6 Å². The molecular formula is C21H29ClN4O2. The van der Waals surface area contributed by atoms with Gasteiger partial charge in [-0.2, -0.15) is 5.10 Å². The van der Waals surface area contributed by atoms with Gasteiger partial charge in [0.15, 0.2) is 0 Å². The number of hydrogen-bond donors (Lipinski definition) is 3. The predicted octanol–water partition coefficient (Wildman–Crippen LogP) is 3.27. The highest BCUT2D eigenvalue weighted by atomic mass is 35.5. The Bertz CT molecular complexity index is 851. The average molecular weight is 405 g/mol. The van der Waals surface area contributed by atoms with Crippen molar-refractivity contribution < 1.29 is 9.90 Å². The second-order valence-corrected chi connectivity index (χ2v) is 9.24. The summed E-state index contributed by atoms with van der Waals surface area (Å²) in [4.78, 5) is 14.6. The van der Waals surface area contributed by atoms with Crippen LogP contribution in [0.3, 0.4) is 0 Å². The van der Waals surface area contributed by atoms with Gasteiger partial charge in [0.05, 0.1) is 23.9 Å². The molecule has 2 saturated heterocycles. The van der Waals surface area contributed by atoms with Crippen molar-refractivity contribution in [1.82, 2.24) is 20.4 Å². The number of rotatable bonds is 4. The van der Waals surface area contributed by atoms with Crippen molar-refractivity contribution in [2.45, 2.75) is 51.7 Å². The molecule has 0 aliphatic carbocycles. The molecule has 2 aliphatic rings. The van der Waals surface area contributed by atoms with Gasteiger partial charge in [-0.3, -0.25) is 9.89 Å². The Morgan fingerprint density at radius 1 is 1.32 bits per heavy atom. The number of aromatic amines is 1. The first-order valence-corrected chi connectivity index (χ1v) is 10.6. The minimum absolute atomic E-state index is 0.00438. The molecule has 2 atom stereocenters. The van der Waals surface area contributed by atoms with Crippen LogP contribution in [-0.2, 0) is 4.79 Å². The highest BCUT2D eigenvalue weighted by Gasteiger charge is 2.41. The number of H-pyrrole nitrogens is 1. The second-order valence-electron chi connectivity index (χ2n) is 8.80. The van der Waals surface area contributed by atoms with Gasteiger partial charge in [-0.05, 0) is 55.7 Å². The summed E-state index contributed by atoms with van der Waals surface area (Å²) >= 11 is 6.27. The second kappa shape index (κ2) is 7.65. The fourth-order valence-electron chi connectivity index (χ4n) is 4.85. The van der Waals surface area contributed by atoms with Crippen LogP contribution in [0.25, 0.3) is 10.9 Å². The molecule has 1 amide bonds. The zero-order chi connectivity index (χ0) is 19.9. The third kappa shape index (κ3) is 3.53. The SMILES string of the molecule is CC(C)(C1CCN(C(=O)[C@@H]2CCCN2)CC1)[C@H](O)c1cc(Cl)cc2cn[nH]c12. The number of aromatic nitrogens is 2. The maximum Gasteiger partial charge on any atom is 0.239 e. The van der Waals surface area contributed by atoms with Crippen LogP contribution in [0.15, 0.2) is 18.3 Å². The zero-order valence-electron chi connectivity index (χ0n) is 16.5.